The van der Waals surface area contributed by atoms with E-state index in [1.54, 1.807) is 0 Å². The summed E-state index contributed by atoms with van der Waals surface area (Å²) in [6, 6.07) is 0. The highest BCUT2D eigenvalue weighted by molar-refractivity contribution is 5.85. The maximum absolute atomic E-state index is 5.39. The highest BCUT2D eigenvalue weighted by Crippen LogP contribution is 2.56. The Labute approximate surface area is 94.2 Å². The van der Waals surface area contributed by atoms with E-state index in [1.165, 1.54) is 19.3 Å². The maximum Gasteiger partial charge on any atom is 0.234 e. The lowest BCUT2D eigenvalue weighted by Gasteiger charge is -2.03. The Morgan fingerprint density at radius 3 is 2.87 bits per heavy atom. The molecule has 1 aromatic heterocycles. The quantitative estimate of drug-likeness (QED) is 0.826. The van der Waals surface area contributed by atoms with E-state index >= 15 is 0 Å². The van der Waals surface area contributed by atoms with Crippen molar-refractivity contribution in [2.24, 2.45) is 5.92 Å². The van der Waals surface area contributed by atoms with Gasteiger partial charge in [0.15, 0.2) is 5.82 Å². The Balaban J connectivity index is 0.000000722. The molecule has 1 aromatic rings. The van der Waals surface area contributed by atoms with Crippen LogP contribution < -0.4 is 5.32 Å². The molecule has 1 N–H and O–H groups in total. The molecule has 0 amide bonds. The summed E-state index contributed by atoms with van der Waals surface area (Å²) >= 11 is 0. The van der Waals surface area contributed by atoms with Gasteiger partial charge in [-0.25, -0.2) is 0 Å². The van der Waals surface area contributed by atoms with Gasteiger partial charge in [-0.05, 0) is 31.7 Å². The summed E-state index contributed by atoms with van der Waals surface area (Å²) in [5.74, 6) is 3.21. The van der Waals surface area contributed by atoms with Gasteiger partial charge in [-0.1, -0.05) is 5.16 Å². The van der Waals surface area contributed by atoms with Crippen LogP contribution in [-0.2, 0) is 5.41 Å². The molecule has 1 aliphatic heterocycles. The van der Waals surface area contributed by atoms with E-state index in [9.17, 15) is 0 Å². The fourth-order valence-electron chi connectivity index (χ4n) is 2.62. The lowest BCUT2D eigenvalue weighted by atomic mass is 10.1. The molecule has 2 unspecified atom stereocenters. The van der Waals surface area contributed by atoms with E-state index in [0.717, 1.165) is 30.7 Å². The van der Waals surface area contributed by atoms with Crippen LogP contribution >= 0.6 is 12.4 Å². The van der Waals surface area contributed by atoms with E-state index in [4.69, 9.17) is 4.52 Å². The first-order chi connectivity index (χ1) is 6.88. The molecular formula is C10H14ClN3O. The zero-order valence-corrected chi connectivity index (χ0v) is 9.22. The van der Waals surface area contributed by atoms with Gasteiger partial charge < -0.3 is 9.84 Å². The topological polar surface area (TPSA) is 51.0 Å². The van der Waals surface area contributed by atoms with Gasteiger partial charge in [-0.3, -0.25) is 0 Å². The molecule has 2 aliphatic carbocycles. The predicted molar refractivity (Wildman–Crippen MR) is 56.2 cm³/mol. The molecule has 3 aliphatic rings. The predicted octanol–water partition coefficient (Wildman–Crippen LogP) is 1.23. The normalized spacial score (nSPS) is 37.2. The number of aromatic nitrogens is 2. The summed E-state index contributed by atoms with van der Waals surface area (Å²) in [4.78, 5) is 4.55. The van der Waals surface area contributed by atoms with Crippen LogP contribution in [0, 0.1) is 5.92 Å². The Kier molecular flexibility index (Phi) is 1.89. The zero-order valence-electron chi connectivity index (χ0n) is 8.40. The van der Waals surface area contributed by atoms with Gasteiger partial charge in [0.25, 0.3) is 0 Å². The lowest BCUT2D eigenvalue weighted by molar-refractivity contribution is 0.342. The van der Waals surface area contributed by atoms with E-state index in [1.807, 2.05) is 0 Å². The fraction of sp³-hybridized carbons (Fsp3) is 0.800. The molecule has 3 fully saturated rings. The van der Waals surface area contributed by atoms with Crippen LogP contribution in [0.1, 0.15) is 36.9 Å². The van der Waals surface area contributed by atoms with E-state index in [-0.39, 0.29) is 17.8 Å². The molecular weight excluding hydrogens is 214 g/mol. The van der Waals surface area contributed by atoms with Gasteiger partial charge in [-0.2, -0.15) is 4.98 Å². The number of nitrogens with zero attached hydrogens (tertiary/aromatic N) is 2. The van der Waals surface area contributed by atoms with E-state index in [2.05, 4.69) is 15.5 Å². The minimum absolute atomic E-state index is 0. The third kappa shape index (κ3) is 1.24. The lowest BCUT2D eigenvalue weighted by Crippen LogP contribution is -2.19. The molecule has 4 nitrogen and oxygen atoms in total. The van der Waals surface area contributed by atoms with Gasteiger partial charge in [0.05, 0.1) is 5.41 Å². The minimum atomic E-state index is 0. The molecule has 82 valence electrons. The molecule has 0 aromatic carbocycles. The van der Waals surface area contributed by atoms with Crippen LogP contribution in [0.15, 0.2) is 4.52 Å². The van der Waals surface area contributed by atoms with Crippen molar-refractivity contribution in [1.82, 2.24) is 15.5 Å². The van der Waals surface area contributed by atoms with Crippen molar-refractivity contribution in [3.05, 3.63) is 11.7 Å². The summed E-state index contributed by atoms with van der Waals surface area (Å²) in [5, 5.41) is 7.47. The van der Waals surface area contributed by atoms with Crippen molar-refractivity contribution in [1.29, 1.82) is 0 Å². The van der Waals surface area contributed by atoms with Crippen LogP contribution in [0.2, 0.25) is 0 Å². The van der Waals surface area contributed by atoms with E-state index in [0.29, 0.717) is 5.92 Å². The first-order valence-electron chi connectivity index (χ1n) is 5.43. The Morgan fingerprint density at radius 1 is 1.40 bits per heavy atom. The van der Waals surface area contributed by atoms with Crippen LogP contribution in [0.3, 0.4) is 0 Å². The third-order valence-electron chi connectivity index (χ3n) is 3.87. The SMILES string of the molecule is C1CC1c1noc(C23CNCC2C3)n1.Cl. The molecule has 0 radical (unpaired) electrons. The smallest absolute Gasteiger partial charge is 0.234 e. The molecule has 2 heterocycles. The average Bonchev–Trinajstić information content (AvgIpc) is 3.09. The second-order valence-electron chi connectivity index (χ2n) is 4.92. The highest BCUT2D eigenvalue weighted by Gasteiger charge is 2.62. The third-order valence-corrected chi connectivity index (χ3v) is 3.87. The molecule has 4 rings (SSSR count). The summed E-state index contributed by atoms with van der Waals surface area (Å²) in [6.45, 7) is 2.16. The highest BCUT2D eigenvalue weighted by atomic mass is 35.5. The standard InChI is InChI=1S/C10H13N3O.ClH/c1-2-6(1)8-12-9(14-13-8)10-3-7(10)4-11-5-10;/h6-7,11H,1-5H2;1H. The van der Waals surface area contributed by atoms with Crippen LogP contribution in [0.5, 0.6) is 0 Å². The van der Waals surface area contributed by atoms with Gasteiger partial charge in [0, 0.05) is 12.5 Å². The summed E-state index contributed by atoms with van der Waals surface area (Å²) in [5.41, 5.74) is 0.236. The Morgan fingerprint density at radius 2 is 2.27 bits per heavy atom. The number of fused-ring (bicyclic) bond motifs is 1. The molecule has 2 saturated carbocycles. The van der Waals surface area contributed by atoms with Crippen molar-refractivity contribution in [2.45, 2.75) is 30.6 Å². The number of piperidine rings is 1. The van der Waals surface area contributed by atoms with Crippen LogP contribution in [-0.4, -0.2) is 23.2 Å². The molecule has 2 atom stereocenters. The van der Waals surface area contributed by atoms with Crippen molar-refractivity contribution < 1.29 is 4.52 Å². The summed E-state index contributed by atoms with van der Waals surface area (Å²) < 4.78 is 5.39. The average molecular weight is 228 g/mol. The second-order valence-corrected chi connectivity index (χ2v) is 4.92. The number of halogens is 1. The molecule has 0 spiro atoms. The van der Waals surface area contributed by atoms with Gasteiger partial charge in [0.2, 0.25) is 5.89 Å². The summed E-state index contributed by atoms with van der Waals surface area (Å²) in [6.07, 6.45) is 3.73. The second kappa shape index (κ2) is 2.95. The minimum Gasteiger partial charge on any atom is -0.339 e. The fourth-order valence-corrected chi connectivity index (χ4v) is 2.62. The Hall–Kier alpha value is -0.610. The number of rotatable bonds is 2. The first kappa shape index (κ1) is 9.60. The Bertz CT molecular complexity index is 390. The van der Waals surface area contributed by atoms with Crippen molar-refractivity contribution in [3.63, 3.8) is 0 Å². The van der Waals surface area contributed by atoms with Crippen LogP contribution in [0.4, 0.5) is 0 Å². The largest absolute Gasteiger partial charge is 0.339 e. The first-order valence-corrected chi connectivity index (χ1v) is 5.43. The monoisotopic (exact) mass is 227 g/mol. The number of hydrogen-bond donors (Lipinski definition) is 1. The maximum atomic E-state index is 5.39. The van der Waals surface area contributed by atoms with Gasteiger partial charge in [0.1, 0.15) is 0 Å². The van der Waals surface area contributed by atoms with Crippen LogP contribution in [0.25, 0.3) is 0 Å². The number of hydrogen-bond acceptors (Lipinski definition) is 4. The van der Waals surface area contributed by atoms with Gasteiger partial charge in [-0.15, -0.1) is 12.4 Å². The van der Waals surface area contributed by atoms with Crippen molar-refractivity contribution in [3.8, 4) is 0 Å². The van der Waals surface area contributed by atoms with Crippen molar-refractivity contribution >= 4 is 12.4 Å². The summed E-state index contributed by atoms with van der Waals surface area (Å²) in [7, 11) is 0. The molecule has 1 saturated heterocycles. The van der Waals surface area contributed by atoms with E-state index < -0.39 is 0 Å². The molecule has 5 heteroatoms. The number of nitrogens with one attached hydrogen (secondary N) is 1. The van der Waals surface area contributed by atoms with Crippen molar-refractivity contribution in [2.75, 3.05) is 13.1 Å². The van der Waals surface area contributed by atoms with Gasteiger partial charge >= 0.3 is 0 Å². The zero-order chi connectivity index (χ0) is 9.17. The molecule has 0 bridgehead atoms. The molecule has 15 heavy (non-hydrogen) atoms.